The minimum Gasteiger partial charge on any atom is -0.493 e. The van der Waals surface area contributed by atoms with Gasteiger partial charge >= 0.3 is 0 Å². The molecule has 8 heteroatoms. The van der Waals surface area contributed by atoms with Crippen molar-refractivity contribution in [1.29, 1.82) is 0 Å². The first-order chi connectivity index (χ1) is 20.9. The number of anilines is 1. The van der Waals surface area contributed by atoms with Gasteiger partial charge in [-0.15, -0.1) is 11.3 Å². The Morgan fingerprint density at radius 1 is 0.814 bits per heavy atom. The van der Waals surface area contributed by atoms with Crippen molar-refractivity contribution in [2.75, 3.05) is 39.7 Å². The van der Waals surface area contributed by atoms with Crippen molar-refractivity contribution in [3.05, 3.63) is 106 Å². The molecule has 0 unspecified atom stereocenters. The van der Waals surface area contributed by atoms with Crippen molar-refractivity contribution >= 4 is 43.1 Å². The molecule has 0 saturated carbocycles. The number of methoxy groups -OCH3 is 2. The van der Waals surface area contributed by atoms with Gasteiger partial charge in [-0.25, -0.2) is 0 Å². The molecule has 5 rings (SSSR count). The van der Waals surface area contributed by atoms with E-state index in [0.717, 1.165) is 53.3 Å². The molecule has 1 heterocycles. The van der Waals surface area contributed by atoms with E-state index < -0.39 is 0 Å². The second kappa shape index (κ2) is 14.2. The van der Waals surface area contributed by atoms with Gasteiger partial charge in [0.05, 0.1) is 19.6 Å². The Morgan fingerprint density at radius 3 is 2.35 bits per heavy atom. The van der Waals surface area contributed by atoms with E-state index in [1.807, 2.05) is 72.8 Å². The van der Waals surface area contributed by atoms with Crippen LogP contribution in [0.3, 0.4) is 0 Å². The normalized spacial score (nSPS) is 11.2. The van der Waals surface area contributed by atoms with Crippen LogP contribution < -0.4 is 25.0 Å². The lowest BCUT2D eigenvalue weighted by atomic mass is 10.1. The smallest absolute Gasteiger partial charge is 0.262 e. The minimum atomic E-state index is -0.279. The van der Waals surface area contributed by atoms with E-state index in [9.17, 15) is 9.59 Å². The van der Waals surface area contributed by atoms with Gasteiger partial charge in [-0.05, 0) is 92.5 Å². The van der Waals surface area contributed by atoms with Crippen LogP contribution in [0.2, 0.25) is 0 Å². The Kier molecular flexibility index (Phi) is 9.92. The van der Waals surface area contributed by atoms with Gasteiger partial charge in [0.15, 0.2) is 23.5 Å². The van der Waals surface area contributed by atoms with Crippen molar-refractivity contribution in [3.63, 3.8) is 0 Å². The summed E-state index contributed by atoms with van der Waals surface area (Å²) in [5, 5.41) is 4.05. The fourth-order valence-corrected chi connectivity index (χ4v) is 6.21. The number of nitrogens with zero attached hydrogens (tertiary/aromatic N) is 1. The van der Waals surface area contributed by atoms with Crippen LogP contribution >= 0.6 is 11.3 Å². The van der Waals surface area contributed by atoms with Crippen LogP contribution in [0, 0.1) is 0 Å². The largest absolute Gasteiger partial charge is 0.493 e. The molecule has 0 radical (unpaired) electrons. The van der Waals surface area contributed by atoms with Crippen molar-refractivity contribution < 1.29 is 19.0 Å². The molecule has 43 heavy (non-hydrogen) atoms. The Labute approximate surface area is 255 Å². The van der Waals surface area contributed by atoms with Gasteiger partial charge < -0.3 is 24.4 Å². The summed E-state index contributed by atoms with van der Waals surface area (Å²) in [6.45, 7) is 1.65. The maximum Gasteiger partial charge on any atom is 0.262 e. The van der Waals surface area contributed by atoms with Crippen molar-refractivity contribution in [2.24, 2.45) is 0 Å². The lowest BCUT2D eigenvalue weighted by Gasteiger charge is -2.18. The highest BCUT2D eigenvalue weighted by Gasteiger charge is 2.13. The molecule has 0 bridgehead atoms. The summed E-state index contributed by atoms with van der Waals surface area (Å²) >= 11 is 1.54. The third-order valence-corrected chi connectivity index (χ3v) is 8.45. The molecule has 7 nitrogen and oxygen atoms in total. The molecule has 1 N–H and O–H groups in total. The van der Waals surface area contributed by atoms with Crippen LogP contribution in [0.1, 0.15) is 24.0 Å². The third kappa shape index (κ3) is 7.52. The standard InChI is InChI=1S/C35H36N2O5S/c1-37(22-25-16-19-28(40-2)30(21-25)41-3)20-7-6-9-24-14-17-26(18-15-24)36-33(38)23-42-29-11-8-13-32-34(29)35(39)27-10-4-5-12-31(27)43-32/h4-5,8,10-19,21H,6-7,9,20,22-23H2,1-3H3,(H,36,38). The molecule has 0 spiro atoms. The highest BCUT2D eigenvalue weighted by molar-refractivity contribution is 7.24. The van der Waals surface area contributed by atoms with Crippen molar-refractivity contribution in [1.82, 2.24) is 4.90 Å². The molecule has 222 valence electrons. The first kappa shape index (κ1) is 30.1. The summed E-state index contributed by atoms with van der Waals surface area (Å²) in [5.74, 6) is 1.63. The Bertz CT molecular complexity index is 1770. The van der Waals surface area contributed by atoms with Gasteiger partial charge in [-0.1, -0.05) is 36.4 Å². The quantitative estimate of drug-likeness (QED) is 0.118. The maximum atomic E-state index is 13.1. The number of nitrogens with one attached hydrogen (secondary N) is 1. The number of fused-ring (bicyclic) bond motifs is 2. The van der Waals surface area contributed by atoms with Crippen LogP contribution in [0.4, 0.5) is 5.69 Å². The van der Waals surface area contributed by atoms with Crippen LogP contribution in [0.15, 0.2) is 89.7 Å². The second-order valence-corrected chi connectivity index (χ2v) is 11.6. The van der Waals surface area contributed by atoms with E-state index in [4.69, 9.17) is 14.2 Å². The number of amides is 1. The second-order valence-electron chi connectivity index (χ2n) is 10.5. The third-order valence-electron chi connectivity index (χ3n) is 7.32. The van der Waals surface area contributed by atoms with Crippen molar-refractivity contribution in [3.8, 4) is 17.2 Å². The molecule has 4 aromatic carbocycles. The van der Waals surface area contributed by atoms with Gasteiger partial charge in [0.25, 0.3) is 5.91 Å². The number of unbranched alkanes of at least 4 members (excludes halogenated alkanes) is 1. The summed E-state index contributed by atoms with van der Waals surface area (Å²) in [7, 11) is 5.42. The molecular weight excluding hydrogens is 560 g/mol. The fraction of sp³-hybridized carbons (Fsp3) is 0.257. The lowest BCUT2D eigenvalue weighted by Crippen LogP contribution is -2.20. The summed E-state index contributed by atoms with van der Waals surface area (Å²) in [6, 6.07) is 27.0. The molecule has 0 aliphatic heterocycles. The van der Waals surface area contributed by atoms with E-state index in [-0.39, 0.29) is 17.9 Å². The van der Waals surface area contributed by atoms with Gasteiger partial charge in [-0.2, -0.15) is 0 Å². The molecule has 0 saturated heterocycles. The predicted octanol–water partition coefficient (Wildman–Crippen LogP) is 6.90. The Balaban J connectivity index is 1.07. The highest BCUT2D eigenvalue weighted by Crippen LogP contribution is 2.30. The van der Waals surface area contributed by atoms with Crippen LogP contribution in [0.5, 0.6) is 17.2 Å². The molecule has 0 atom stereocenters. The molecule has 0 aliphatic rings. The zero-order valence-electron chi connectivity index (χ0n) is 24.7. The molecule has 1 aromatic heterocycles. The predicted molar refractivity (Wildman–Crippen MR) is 175 cm³/mol. The Hall–Kier alpha value is -4.40. The number of carbonyl (C=O) groups is 1. The summed E-state index contributed by atoms with van der Waals surface area (Å²) in [6.07, 6.45) is 3.11. The van der Waals surface area contributed by atoms with Gasteiger partial charge in [-0.3, -0.25) is 9.59 Å². The average Bonchev–Trinajstić information content (AvgIpc) is 3.02. The van der Waals surface area contributed by atoms with Gasteiger partial charge in [0.2, 0.25) is 0 Å². The minimum absolute atomic E-state index is 0.0829. The van der Waals surface area contributed by atoms with E-state index in [1.165, 1.54) is 22.5 Å². The van der Waals surface area contributed by atoms with E-state index in [0.29, 0.717) is 22.2 Å². The number of aryl methyl sites for hydroxylation is 1. The highest BCUT2D eigenvalue weighted by atomic mass is 32.1. The number of carbonyl (C=O) groups excluding carboxylic acids is 1. The Morgan fingerprint density at radius 2 is 1.56 bits per heavy atom. The molecule has 5 aromatic rings. The number of rotatable bonds is 13. The molecule has 0 fully saturated rings. The lowest BCUT2D eigenvalue weighted by molar-refractivity contribution is -0.118. The number of benzene rings is 4. The summed E-state index contributed by atoms with van der Waals surface area (Å²) in [4.78, 5) is 28.1. The van der Waals surface area contributed by atoms with Crippen LogP contribution in [-0.2, 0) is 17.8 Å². The molecular formula is C35H36N2O5S. The number of ether oxygens (including phenoxy) is 3. The van der Waals surface area contributed by atoms with Crippen molar-refractivity contribution in [2.45, 2.75) is 25.8 Å². The summed E-state index contributed by atoms with van der Waals surface area (Å²) in [5.41, 5.74) is 3.04. The summed E-state index contributed by atoms with van der Waals surface area (Å²) < 4.78 is 18.3. The van der Waals surface area contributed by atoms with E-state index in [1.54, 1.807) is 20.3 Å². The zero-order valence-corrected chi connectivity index (χ0v) is 25.5. The zero-order chi connectivity index (χ0) is 30.2. The topological polar surface area (TPSA) is 77.1 Å². The van der Waals surface area contributed by atoms with Crippen LogP contribution in [0.25, 0.3) is 20.2 Å². The van der Waals surface area contributed by atoms with Gasteiger partial charge in [0, 0.05) is 27.0 Å². The van der Waals surface area contributed by atoms with E-state index in [2.05, 4.69) is 23.3 Å². The fourth-order valence-electron chi connectivity index (χ4n) is 5.11. The first-order valence-corrected chi connectivity index (χ1v) is 15.1. The molecule has 0 aliphatic carbocycles. The molecule has 1 amide bonds. The van der Waals surface area contributed by atoms with E-state index >= 15 is 0 Å². The SMILES string of the molecule is COc1ccc(CN(C)CCCCc2ccc(NC(=O)COc3cccc4sc5ccccc5c(=O)c34)cc2)cc1OC. The first-order valence-electron chi connectivity index (χ1n) is 14.3. The number of hydrogen-bond acceptors (Lipinski definition) is 7. The van der Waals surface area contributed by atoms with Crippen LogP contribution in [-0.4, -0.2) is 45.2 Å². The number of hydrogen-bond donors (Lipinski definition) is 1. The average molecular weight is 597 g/mol. The van der Waals surface area contributed by atoms with Gasteiger partial charge in [0.1, 0.15) is 5.75 Å². The monoisotopic (exact) mass is 596 g/mol. The maximum absolute atomic E-state index is 13.1.